The number of aromatic amines is 1. The summed E-state index contributed by atoms with van der Waals surface area (Å²) in [7, 11) is 0. The maximum absolute atomic E-state index is 11.4. The topological polar surface area (TPSA) is 78.0 Å². The lowest BCUT2D eigenvalue weighted by Crippen LogP contribution is -2.37. The van der Waals surface area contributed by atoms with Crippen molar-refractivity contribution in [2.24, 2.45) is 5.41 Å². The van der Waals surface area contributed by atoms with E-state index in [4.69, 9.17) is 5.11 Å². The van der Waals surface area contributed by atoms with Crippen LogP contribution in [-0.4, -0.2) is 27.7 Å². The van der Waals surface area contributed by atoms with Crippen molar-refractivity contribution in [1.82, 2.24) is 9.97 Å². The summed E-state index contributed by atoms with van der Waals surface area (Å²) < 4.78 is 0. The Balaban J connectivity index is 2.84. The van der Waals surface area contributed by atoms with Gasteiger partial charge >= 0.3 is 0 Å². The van der Waals surface area contributed by atoms with Crippen molar-refractivity contribution in [3.05, 3.63) is 22.7 Å². The lowest BCUT2D eigenvalue weighted by atomic mass is 9.85. The Morgan fingerprint density at radius 2 is 2.25 bits per heavy atom. The molecule has 0 fully saturated rings. The molecule has 5 heteroatoms. The summed E-state index contributed by atoms with van der Waals surface area (Å²) in [6, 6.07) is 0.00787. The fourth-order valence-electron chi connectivity index (χ4n) is 1.47. The number of hydrogen-bond acceptors (Lipinski definition) is 4. The SMILES string of the molecule is CC(C)(C)C(CCO)Nc1ncc[nH]c1=O. The van der Waals surface area contributed by atoms with Crippen molar-refractivity contribution < 1.29 is 5.11 Å². The van der Waals surface area contributed by atoms with Gasteiger partial charge in [0.05, 0.1) is 0 Å². The minimum Gasteiger partial charge on any atom is -0.396 e. The van der Waals surface area contributed by atoms with Gasteiger partial charge in [0.15, 0.2) is 5.82 Å². The van der Waals surface area contributed by atoms with Gasteiger partial charge in [0.2, 0.25) is 0 Å². The lowest BCUT2D eigenvalue weighted by molar-refractivity contribution is 0.235. The molecule has 0 radical (unpaired) electrons. The lowest BCUT2D eigenvalue weighted by Gasteiger charge is -2.31. The Bertz CT molecular complexity index is 381. The quantitative estimate of drug-likeness (QED) is 0.713. The van der Waals surface area contributed by atoms with E-state index in [9.17, 15) is 4.79 Å². The van der Waals surface area contributed by atoms with E-state index in [-0.39, 0.29) is 23.6 Å². The number of H-pyrrole nitrogens is 1. The highest BCUT2D eigenvalue weighted by Gasteiger charge is 2.24. The predicted octanol–water partition coefficient (Wildman–Crippen LogP) is 0.979. The second-order valence-corrected chi connectivity index (χ2v) is 4.84. The minimum absolute atomic E-state index is 0.00787. The molecule has 1 rings (SSSR count). The molecule has 0 saturated carbocycles. The molecule has 1 unspecified atom stereocenters. The monoisotopic (exact) mass is 225 g/mol. The fourth-order valence-corrected chi connectivity index (χ4v) is 1.47. The zero-order chi connectivity index (χ0) is 12.2. The van der Waals surface area contributed by atoms with E-state index in [1.807, 2.05) is 0 Å². The second-order valence-electron chi connectivity index (χ2n) is 4.84. The van der Waals surface area contributed by atoms with Crippen LogP contribution < -0.4 is 10.9 Å². The normalized spacial score (nSPS) is 13.5. The maximum atomic E-state index is 11.4. The number of hydrogen-bond donors (Lipinski definition) is 3. The largest absolute Gasteiger partial charge is 0.396 e. The molecule has 0 spiro atoms. The highest BCUT2D eigenvalue weighted by atomic mass is 16.3. The van der Waals surface area contributed by atoms with Gasteiger partial charge in [-0.25, -0.2) is 4.98 Å². The van der Waals surface area contributed by atoms with Crippen LogP contribution >= 0.6 is 0 Å². The highest BCUT2D eigenvalue weighted by molar-refractivity contribution is 5.32. The number of rotatable bonds is 4. The van der Waals surface area contributed by atoms with E-state index < -0.39 is 0 Å². The van der Waals surface area contributed by atoms with Gasteiger partial charge in [-0.1, -0.05) is 20.8 Å². The molecule has 90 valence electrons. The standard InChI is InChI=1S/C11H19N3O2/c1-11(2,3)8(4-7-15)14-9-10(16)13-6-5-12-9/h5-6,8,15H,4,7H2,1-3H3,(H,12,14)(H,13,16). The maximum Gasteiger partial charge on any atom is 0.290 e. The predicted molar refractivity (Wildman–Crippen MR) is 63.4 cm³/mol. The van der Waals surface area contributed by atoms with E-state index in [1.54, 1.807) is 0 Å². The summed E-state index contributed by atoms with van der Waals surface area (Å²) in [5.41, 5.74) is -0.290. The third kappa shape index (κ3) is 3.34. The summed E-state index contributed by atoms with van der Waals surface area (Å²) in [5.74, 6) is 0.302. The number of nitrogens with zero attached hydrogens (tertiary/aromatic N) is 1. The van der Waals surface area contributed by atoms with Crippen LogP contribution in [0.4, 0.5) is 5.82 Å². The minimum atomic E-state index is -0.241. The van der Waals surface area contributed by atoms with Gasteiger partial charge in [0.1, 0.15) is 0 Å². The fraction of sp³-hybridized carbons (Fsp3) is 0.636. The molecule has 5 nitrogen and oxygen atoms in total. The molecular formula is C11H19N3O2. The van der Waals surface area contributed by atoms with E-state index >= 15 is 0 Å². The number of aliphatic hydroxyl groups excluding tert-OH is 1. The van der Waals surface area contributed by atoms with Crippen LogP contribution in [0.15, 0.2) is 17.2 Å². The third-order valence-electron chi connectivity index (χ3n) is 2.48. The van der Waals surface area contributed by atoms with Crippen LogP contribution in [0, 0.1) is 5.41 Å². The molecule has 0 amide bonds. The zero-order valence-electron chi connectivity index (χ0n) is 9.95. The van der Waals surface area contributed by atoms with Crippen molar-refractivity contribution >= 4 is 5.82 Å². The number of nitrogens with one attached hydrogen (secondary N) is 2. The van der Waals surface area contributed by atoms with Crippen molar-refractivity contribution in [3.8, 4) is 0 Å². The van der Waals surface area contributed by atoms with E-state index in [0.717, 1.165) is 0 Å². The van der Waals surface area contributed by atoms with Gasteiger partial charge in [-0.15, -0.1) is 0 Å². The van der Waals surface area contributed by atoms with Gasteiger partial charge in [0, 0.05) is 25.0 Å². The van der Waals surface area contributed by atoms with Crippen LogP contribution in [0.2, 0.25) is 0 Å². The molecule has 0 aliphatic rings. The van der Waals surface area contributed by atoms with E-state index in [1.165, 1.54) is 12.4 Å². The van der Waals surface area contributed by atoms with Gasteiger partial charge in [-0.3, -0.25) is 4.79 Å². The Hall–Kier alpha value is -1.36. The van der Waals surface area contributed by atoms with Gasteiger partial charge in [-0.05, 0) is 11.8 Å². The van der Waals surface area contributed by atoms with Crippen molar-refractivity contribution in [2.75, 3.05) is 11.9 Å². The van der Waals surface area contributed by atoms with Crippen molar-refractivity contribution in [3.63, 3.8) is 0 Å². The van der Waals surface area contributed by atoms with Crippen LogP contribution in [0.3, 0.4) is 0 Å². The molecule has 1 heterocycles. The van der Waals surface area contributed by atoms with Gasteiger partial charge < -0.3 is 15.4 Å². The molecular weight excluding hydrogens is 206 g/mol. The third-order valence-corrected chi connectivity index (χ3v) is 2.48. The molecule has 0 aliphatic carbocycles. The first kappa shape index (κ1) is 12.7. The van der Waals surface area contributed by atoms with Crippen LogP contribution in [0.1, 0.15) is 27.2 Å². The Morgan fingerprint density at radius 3 is 2.75 bits per heavy atom. The molecule has 16 heavy (non-hydrogen) atoms. The molecule has 1 aromatic rings. The molecule has 1 aromatic heterocycles. The summed E-state index contributed by atoms with van der Waals surface area (Å²) in [6.07, 6.45) is 3.60. The van der Waals surface area contributed by atoms with Crippen LogP contribution in [-0.2, 0) is 0 Å². The zero-order valence-corrected chi connectivity index (χ0v) is 9.95. The molecule has 3 N–H and O–H groups in total. The Kier molecular flexibility index (Phi) is 4.06. The molecule has 0 bridgehead atoms. The Labute approximate surface area is 94.9 Å². The average Bonchev–Trinajstić information content (AvgIpc) is 2.19. The Morgan fingerprint density at radius 1 is 1.56 bits per heavy atom. The first-order valence-corrected chi connectivity index (χ1v) is 5.36. The number of aliphatic hydroxyl groups is 1. The van der Waals surface area contributed by atoms with E-state index in [2.05, 4.69) is 36.1 Å². The summed E-state index contributed by atoms with van der Waals surface area (Å²) in [6.45, 7) is 6.24. The summed E-state index contributed by atoms with van der Waals surface area (Å²) in [5, 5.41) is 12.1. The van der Waals surface area contributed by atoms with Gasteiger partial charge in [-0.2, -0.15) is 0 Å². The molecule has 0 aromatic carbocycles. The molecule has 1 atom stereocenters. The average molecular weight is 225 g/mol. The van der Waals surface area contributed by atoms with E-state index in [0.29, 0.717) is 12.2 Å². The first-order valence-electron chi connectivity index (χ1n) is 5.36. The number of anilines is 1. The summed E-state index contributed by atoms with van der Waals surface area (Å²) >= 11 is 0. The smallest absolute Gasteiger partial charge is 0.290 e. The molecule has 0 saturated heterocycles. The summed E-state index contributed by atoms with van der Waals surface area (Å²) in [4.78, 5) is 18.0. The van der Waals surface area contributed by atoms with Crippen LogP contribution in [0.25, 0.3) is 0 Å². The number of aromatic nitrogens is 2. The second kappa shape index (κ2) is 5.12. The van der Waals surface area contributed by atoms with Crippen molar-refractivity contribution in [1.29, 1.82) is 0 Å². The first-order chi connectivity index (χ1) is 7.45. The van der Waals surface area contributed by atoms with Gasteiger partial charge in [0.25, 0.3) is 5.56 Å². The molecule has 0 aliphatic heterocycles. The highest BCUT2D eigenvalue weighted by Crippen LogP contribution is 2.23. The van der Waals surface area contributed by atoms with Crippen molar-refractivity contribution in [2.45, 2.75) is 33.2 Å². The van der Waals surface area contributed by atoms with Crippen LogP contribution in [0.5, 0.6) is 0 Å².